The molecule has 174 valence electrons. The first-order valence-electron chi connectivity index (χ1n) is 10.3. The van der Waals surface area contributed by atoms with Crippen molar-refractivity contribution in [2.24, 2.45) is 5.92 Å². The molecule has 0 aliphatic carbocycles. The summed E-state index contributed by atoms with van der Waals surface area (Å²) in [6, 6.07) is 1.72. The molecule has 0 radical (unpaired) electrons. The van der Waals surface area contributed by atoms with E-state index in [0.717, 1.165) is 50.7 Å². The quantitative estimate of drug-likeness (QED) is 0.188. The second-order valence-corrected chi connectivity index (χ2v) is 7.80. The third kappa shape index (κ3) is 8.10. The molecule has 30 heavy (non-hydrogen) atoms. The summed E-state index contributed by atoms with van der Waals surface area (Å²) in [4.78, 5) is 0. The van der Waals surface area contributed by atoms with E-state index < -0.39 is 35.2 Å². The van der Waals surface area contributed by atoms with Crippen LogP contribution in [-0.4, -0.2) is 20.0 Å². The highest BCUT2D eigenvalue weighted by atomic mass is 19.4. The Labute approximate surface area is 174 Å². The first-order valence-corrected chi connectivity index (χ1v) is 10.3. The lowest BCUT2D eigenvalue weighted by atomic mass is 9.86. The highest BCUT2D eigenvalue weighted by Crippen LogP contribution is 2.38. The summed E-state index contributed by atoms with van der Waals surface area (Å²) in [5.41, 5.74) is -2.64. The molecular formula is C22H32F6O2. The number of benzene rings is 1. The minimum absolute atomic E-state index is 0.0138. The average Bonchev–Trinajstić information content (AvgIpc) is 2.67. The Morgan fingerprint density at radius 1 is 0.767 bits per heavy atom. The Balaban J connectivity index is 3.12. The van der Waals surface area contributed by atoms with E-state index in [0.29, 0.717) is 6.42 Å². The Morgan fingerprint density at radius 2 is 1.23 bits per heavy atom. The van der Waals surface area contributed by atoms with E-state index in [1.807, 2.05) is 0 Å². The molecule has 1 aromatic rings. The number of methoxy groups -OCH3 is 2. The van der Waals surface area contributed by atoms with Crippen LogP contribution >= 0.6 is 0 Å². The number of unbranched alkanes of at least 4 members (excludes halogenated alkanes) is 5. The minimum atomic E-state index is -4.86. The lowest BCUT2D eigenvalue weighted by Gasteiger charge is -2.35. The van der Waals surface area contributed by atoms with Gasteiger partial charge in [-0.2, -0.15) is 26.3 Å². The van der Waals surface area contributed by atoms with Crippen LogP contribution < -0.4 is 0 Å². The molecule has 1 aromatic carbocycles. The lowest BCUT2D eigenvalue weighted by molar-refractivity contribution is -0.228. The number of hydrogen-bond donors (Lipinski definition) is 0. The van der Waals surface area contributed by atoms with Gasteiger partial charge in [-0.1, -0.05) is 45.4 Å². The zero-order valence-electron chi connectivity index (χ0n) is 18.1. The maximum atomic E-state index is 13.2. The molecule has 1 atom stereocenters. The molecule has 8 heteroatoms. The fraction of sp³-hybridized carbons (Fsp3) is 0.727. The molecule has 0 aliphatic rings. The van der Waals surface area contributed by atoms with Crippen LogP contribution in [0.15, 0.2) is 18.2 Å². The predicted octanol–water partition coefficient (Wildman–Crippen LogP) is 7.64. The van der Waals surface area contributed by atoms with Crippen molar-refractivity contribution < 1.29 is 35.8 Å². The van der Waals surface area contributed by atoms with Gasteiger partial charge in [-0.25, -0.2) is 0 Å². The first-order chi connectivity index (χ1) is 13.9. The second kappa shape index (κ2) is 11.4. The molecule has 0 saturated heterocycles. The van der Waals surface area contributed by atoms with E-state index >= 15 is 0 Å². The van der Waals surface area contributed by atoms with Crippen molar-refractivity contribution in [3.63, 3.8) is 0 Å². The fourth-order valence-electron chi connectivity index (χ4n) is 3.56. The zero-order chi connectivity index (χ0) is 23.0. The van der Waals surface area contributed by atoms with Crippen LogP contribution in [0.1, 0.15) is 75.5 Å². The summed E-state index contributed by atoms with van der Waals surface area (Å²) in [7, 11) is 2.84. The standard InChI is InChI=1S/C22H32F6O2/c1-5-6-7-8-9-10-11-17(20(2,29-3)30-4)12-16-13-18(21(23,24)25)15-19(14-16)22(26,27)28/h13-15,17H,5-12H2,1-4H3. The third-order valence-corrected chi connectivity index (χ3v) is 5.59. The van der Waals surface area contributed by atoms with Gasteiger partial charge in [0.05, 0.1) is 11.1 Å². The van der Waals surface area contributed by atoms with E-state index in [-0.39, 0.29) is 18.1 Å². The van der Waals surface area contributed by atoms with Gasteiger partial charge < -0.3 is 9.47 Å². The van der Waals surface area contributed by atoms with Crippen molar-refractivity contribution >= 4 is 0 Å². The molecule has 0 aromatic heterocycles. The van der Waals surface area contributed by atoms with Gasteiger partial charge in [0, 0.05) is 20.1 Å². The SMILES string of the molecule is CCCCCCCCC(Cc1cc(C(F)(F)F)cc(C(F)(F)F)c1)C(C)(OC)OC. The molecule has 2 nitrogen and oxygen atoms in total. The van der Waals surface area contributed by atoms with Crippen molar-refractivity contribution in [2.45, 2.75) is 83.4 Å². The fourth-order valence-corrected chi connectivity index (χ4v) is 3.56. The van der Waals surface area contributed by atoms with Crippen LogP contribution in [0.2, 0.25) is 0 Å². The van der Waals surface area contributed by atoms with Crippen molar-refractivity contribution in [3.8, 4) is 0 Å². The summed E-state index contributed by atoms with van der Waals surface area (Å²) in [6.45, 7) is 3.77. The van der Waals surface area contributed by atoms with Crippen LogP contribution in [0.3, 0.4) is 0 Å². The highest BCUT2D eigenvalue weighted by molar-refractivity contribution is 5.34. The van der Waals surface area contributed by atoms with Gasteiger partial charge in [0.1, 0.15) is 0 Å². The number of halogens is 6. The maximum Gasteiger partial charge on any atom is 0.416 e. The van der Waals surface area contributed by atoms with Gasteiger partial charge in [0.15, 0.2) is 5.79 Å². The molecule has 0 bridgehead atoms. The molecule has 0 N–H and O–H groups in total. The molecule has 0 fully saturated rings. The molecule has 0 aliphatic heterocycles. The third-order valence-electron chi connectivity index (χ3n) is 5.59. The van der Waals surface area contributed by atoms with E-state index in [2.05, 4.69) is 6.92 Å². The smallest absolute Gasteiger partial charge is 0.353 e. The Hall–Kier alpha value is -1.28. The van der Waals surface area contributed by atoms with Gasteiger partial charge in [-0.15, -0.1) is 0 Å². The molecule has 0 spiro atoms. The Kier molecular flexibility index (Phi) is 10.1. The molecule has 0 heterocycles. The molecule has 1 unspecified atom stereocenters. The summed E-state index contributed by atoms with van der Waals surface area (Å²) in [6.07, 6.45) is -3.03. The Bertz CT molecular complexity index is 603. The monoisotopic (exact) mass is 442 g/mol. The summed E-state index contributed by atoms with van der Waals surface area (Å²) in [5.74, 6) is -1.51. The topological polar surface area (TPSA) is 18.5 Å². The van der Waals surface area contributed by atoms with Gasteiger partial charge in [-0.05, 0) is 43.5 Å². The van der Waals surface area contributed by atoms with E-state index in [1.54, 1.807) is 6.92 Å². The van der Waals surface area contributed by atoms with Crippen LogP contribution in [0.5, 0.6) is 0 Å². The summed E-state index contributed by atoms with van der Waals surface area (Å²) >= 11 is 0. The van der Waals surface area contributed by atoms with Crippen LogP contribution in [0, 0.1) is 5.92 Å². The van der Waals surface area contributed by atoms with Gasteiger partial charge >= 0.3 is 12.4 Å². The second-order valence-electron chi connectivity index (χ2n) is 7.80. The largest absolute Gasteiger partial charge is 0.416 e. The minimum Gasteiger partial charge on any atom is -0.353 e. The molecule has 0 saturated carbocycles. The van der Waals surface area contributed by atoms with E-state index in [9.17, 15) is 26.3 Å². The normalized spacial score (nSPS) is 14.2. The first kappa shape index (κ1) is 26.8. The number of alkyl halides is 6. The number of hydrogen-bond acceptors (Lipinski definition) is 2. The van der Waals surface area contributed by atoms with Gasteiger partial charge in [0.2, 0.25) is 0 Å². The molecular weight excluding hydrogens is 410 g/mol. The van der Waals surface area contributed by atoms with E-state index in [4.69, 9.17) is 9.47 Å². The average molecular weight is 442 g/mol. The molecule has 0 amide bonds. The van der Waals surface area contributed by atoms with Gasteiger partial charge in [0.25, 0.3) is 0 Å². The van der Waals surface area contributed by atoms with Crippen LogP contribution in [-0.2, 0) is 28.2 Å². The van der Waals surface area contributed by atoms with Crippen LogP contribution in [0.25, 0.3) is 0 Å². The lowest BCUT2D eigenvalue weighted by Crippen LogP contribution is -2.40. The van der Waals surface area contributed by atoms with E-state index in [1.165, 1.54) is 14.2 Å². The highest BCUT2D eigenvalue weighted by Gasteiger charge is 2.38. The van der Waals surface area contributed by atoms with Crippen molar-refractivity contribution in [1.82, 2.24) is 0 Å². The van der Waals surface area contributed by atoms with Crippen molar-refractivity contribution in [2.75, 3.05) is 14.2 Å². The number of ether oxygens (including phenoxy) is 2. The Morgan fingerprint density at radius 3 is 1.67 bits per heavy atom. The zero-order valence-corrected chi connectivity index (χ0v) is 18.1. The van der Waals surface area contributed by atoms with Crippen LogP contribution in [0.4, 0.5) is 26.3 Å². The number of rotatable bonds is 12. The summed E-state index contributed by atoms with van der Waals surface area (Å²) in [5, 5.41) is 0. The predicted molar refractivity (Wildman–Crippen MR) is 104 cm³/mol. The summed E-state index contributed by atoms with van der Waals surface area (Å²) < 4.78 is 89.9. The van der Waals surface area contributed by atoms with Crippen molar-refractivity contribution in [1.29, 1.82) is 0 Å². The molecule has 1 rings (SSSR count). The van der Waals surface area contributed by atoms with Crippen molar-refractivity contribution in [3.05, 3.63) is 34.9 Å². The van der Waals surface area contributed by atoms with Gasteiger partial charge in [-0.3, -0.25) is 0 Å². The maximum absolute atomic E-state index is 13.2.